The van der Waals surface area contributed by atoms with Crippen molar-refractivity contribution in [2.75, 3.05) is 33.4 Å². The van der Waals surface area contributed by atoms with E-state index in [4.69, 9.17) is 9.47 Å². The van der Waals surface area contributed by atoms with Crippen molar-refractivity contribution in [2.24, 2.45) is 0 Å². The molecule has 2 aromatic carbocycles. The number of benzene rings is 2. The first kappa shape index (κ1) is 29.4. The van der Waals surface area contributed by atoms with E-state index in [0.717, 1.165) is 9.80 Å². The summed E-state index contributed by atoms with van der Waals surface area (Å²) >= 11 is 0. The Labute approximate surface area is 225 Å². The number of hydrogen-bond donors (Lipinski definition) is 2. The van der Waals surface area contributed by atoms with Crippen LogP contribution in [0.4, 0.5) is 20.1 Å². The van der Waals surface area contributed by atoms with Crippen LogP contribution in [0.1, 0.15) is 41.0 Å². The molecule has 1 heterocycles. The molecule has 0 spiro atoms. The molecular weight excluding hydrogens is 510 g/mol. The van der Waals surface area contributed by atoms with Crippen molar-refractivity contribution in [1.29, 1.82) is 0 Å². The quantitative estimate of drug-likeness (QED) is 0.323. The zero-order valence-corrected chi connectivity index (χ0v) is 22.0. The number of quaternary nitrogens is 1. The molecule has 1 saturated heterocycles. The molecule has 12 nitrogen and oxygen atoms in total. The number of β-amino-alcohol motifs (C(OH)–C–C–N with tert-alkyl or cyclic N) is 1. The summed E-state index contributed by atoms with van der Waals surface area (Å²) < 4.78 is 9.38. The van der Waals surface area contributed by atoms with Gasteiger partial charge in [0.1, 0.15) is 19.3 Å². The molecule has 1 fully saturated rings. The lowest BCUT2D eigenvalue weighted by Crippen LogP contribution is -2.74. The highest BCUT2D eigenvalue weighted by atomic mass is 16.5. The minimum absolute atomic E-state index is 0.00823. The third-order valence-electron chi connectivity index (χ3n) is 6.37. The van der Waals surface area contributed by atoms with Crippen LogP contribution in [0.3, 0.4) is 0 Å². The summed E-state index contributed by atoms with van der Waals surface area (Å²) in [5, 5.41) is 20.1. The summed E-state index contributed by atoms with van der Waals surface area (Å²) in [7, 11) is 1.25. The number of imide groups is 3. The smallest absolute Gasteiger partial charge is 0.441 e. The predicted octanol–water partition coefficient (Wildman–Crippen LogP) is 2.77. The van der Waals surface area contributed by atoms with Crippen LogP contribution >= 0.6 is 0 Å². The van der Waals surface area contributed by atoms with E-state index in [2.05, 4.69) is 0 Å². The summed E-state index contributed by atoms with van der Waals surface area (Å²) in [6.07, 6.45) is -1.84. The van der Waals surface area contributed by atoms with E-state index >= 15 is 0 Å². The summed E-state index contributed by atoms with van der Waals surface area (Å²) in [4.78, 5) is 65.8. The fourth-order valence-corrected chi connectivity index (χ4v) is 4.07. The van der Waals surface area contributed by atoms with Crippen molar-refractivity contribution in [3.8, 4) is 0 Å². The number of esters is 2. The minimum Gasteiger partial charge on any atom is -0.459 e. The van der Waals surface area contributed by atoms with Gasteiger partial charge in [-0.15, -0.1) is 4.48 Å². The second kappa shape index (κ2) is 12.6. The largest absolute Gasteiger partial charge is 0.459 e. The predicted molar refractivity (Wildman–Crippen MR) is 139 cm³/mol. The molecular formula is C27H32N3O9+. The van der Waals surface area contributed by atoms with Crippen molar-refractivity contribution in [1.82, 2.24) is 14.3 Å². The van der Waals surface area contributed by atoms with Crippen LogP contribution in [0.25, 0.3) is 0 Å². The van der Waals surface area contributed by atoms with E-state index in [1.54, 1.807) is 44.2 Å². The monoisotopic (exact) mass is 542 g/mol. The summed E-state index contributed by atoms with van der Waals surface area (Å²) in [5.41, 5.74) is 0.442. The van der Waals surface area contributed by atoms with Crippen LogP contribution in [-0.4, -0.2) is 95.6 Å². The van der Waals surface area contributed by atoms with Crippen molar-refractivity contribution >= 4 is 35.7 Å². The van der Waals surface area contributed by atoms with Gasteiger partial charge < -0.3 is 19.7 Å². The first-order chi connectivity index (χ1) is 18.6. The van der Waals surface area contributed by atoms with Gasteiger partial charge in [-0.05, 0) is 31.5 Å². The molecule has 6 amide bonds. The SMILES string of the molecule is CCC(O)COC(=O)c1cccc(C(=O)OCC(O)CN2C(=O)N(C)C(=O)[N+](CC)(c3ccccc3)C2=O)c1. The van der Waals surface area contributed by atoms with Crippen molar-refractivity contribution in [2.45, 2.75) is 32.5 Å². The molecule has 3 atom stereocenters. The lowest BCUT2D eigenvalue weighted by molar-refractivity contribution is 0.0187. The molecule has 0 radical (unpaired) electrons. The maximum Gasteiger partial charge on any atom is 0.441 e. The Bertz CT molecular complexity index is 1240. The van der Waals surface area contributed by atoms with Gasteiger partial charge in [-0.1, -0.05) is 31.2 Å². The molecule has 0 bridgehead atoms. The highest BCUT2D eigenvalue weighted by molar-refractivity contribution is 6.19. The maximum absolute atomic E-state index is 13.5. The Morgan fingerprint density at radius 1 is 0.846 bits per heavy atom. The zero-order valence-electron chi connectivity index (χ0n) is 22.0. The second-order valence-electron chi connectivity index (χ2n) is 8.97. The van der Waals surface area contributed by atoms with Crippen LogP contribution in [0.2, 0.25) is 0 Å². The van der Waals surface area contributed by atoms with E-state index in [1.807, 2.05) is 0 Å². The molecule has 1 aliphatic rings. The van der Waals surface area contributed by atoms with E-state index in [9.17, 15) is 34.2 Å². The molecule has 0 aliphatic carbocycles. The number of nitrogens with zero attached hydrogens (tertiary/aromatic N) is 3. The minimum atomic E-state index is -1.46. The summed E-state index contributed by atoms with van der Waals surface area (Å²) in [6.45, 7) is 2.12. The van der Waals surface area contributed by atoms with Crippen LogP contribution < -0.4 is 4.48 Å². The van der Waals surface area contributed by atoms with E-state index < -0.39 is 59.9 Å². The lowest BCUT2D eigenvalue weighted by Gasteiger charge is -2.41. The Morgan fingerprint density at radius 3 is 1.95 bits per heavy atom. The number of urea groups is 3. The molecule has 208 valence electrons. The van der Waals surface area contributed by atoms with Gasteiger partial charge in [0.2, 0.25) is 0 Å². The fourth-order valence-electron chi connectivity index (χ4n) is 4.07. The van der Waals surface area contributed by atoms with Crippen LogP contribution in [0, 0.1) is 0 Å². The Balaban J connectivity index is 1.68. The van der Waals surface area contributed by atoms with Gasteiger partial charge in [-0.3, -0.25) is 0 Å². The summed E-state index contributed by atoms with van der Waals surface area (Å²) in [5.74, 6) is -1.59. The number of ether oxygens (including phenoxy) is 2. The number of para-hydroxylation sites is 1. The number of rotatable bonds is 11. The maximum atomic E-state index is 13.5. The van der Waals surface area contributed by atoms with E-state index in [0.29, 0.717) is 12.1 Å². The Kier molecular flexibility index (Phi) is 9.51. The summed E-state index contributed by atoms with van der Waals surface area (Å²) in [6, 6.07) is 11.4. The molecule has 0 aromatic heterocycles. The van der Waals surface area contributed by atoms with Gasteiger partial charge in [0.25, 0.3) is 0 Å². The molecule has 3 unspecified atom stereocenters. The van der Waals surface area contributed by atoms with Gasteiger partial charge >= 0.3 is 30.0 Å². The zero-order chi connectivity index (χ0) is 28.7. The number of hydrogen-bond acceptors (Lipinski definition) is 9. The number of carbonyl (C=O) groups is 5. The molecule has 0 saturated carbocycles. The highest BCUT2D eigenvalue weighted by Crippen LogP contribution is 2.31. The fraction of sp³-hybridized carbons (Fsp3) is 0.370. The Morgan fingerprint density at radius 2 is 1.41 bits per heavy atom. The average molecular weight is 543 g/mol. The molecule has 12 heteroatoms. The van der Waals surface area contributed by atoms with Gasteiger partial charge in [0.15, 0.2) is 5.69 Å². The number of carbonyl (C=O) groups excluding carboxylic acids is 5. The van der Waals surface area contributed by atoms with Crippen molar-refractivity contribution in [3.05, 3.63) is 65.7 Å². The molecule has 3 rings (SSSR count). The second-order valence-corrected chi connectivity index (χ2v) is 8.97. The normalized spacial score (nSPS) is 19.1. The van der Waals surface area contributed by atoms with Crippen molar-refractivity contribution < 1.29 is 43.7 Å². The van der Waals surface area contributed by atoms with Gasteiger partial charge in [-0.2, -0.15) is 0 Å². The van der Waals surface area contributed by atoms with Gasteiger partial charge in [0, 0.05) is 19.2 Å². The average Bonchev–Trinajstić information content (AvgIpc) is 2.96. The number of aliphatic hydroxyl groups is 2. The topological polar surface area (TPSA) is 151 Å². The highest BCUT2D eigenvalue weighted by Gasteiger charge is 2.58. The van der Waals surface area contributed by atoms with Gasteiger partial charge in [-0.25, -0.2) is 33.8 Å². The van der Waals surface area contributed by atoms with Crippen LogP contribution in [0.5, 0.6) is 0 Å². The number of aliphatic hydroxyl groups excluding tert-OH is 2. The third-order valence-corrected chi connectivity index (χ3v) is 6.37. The molecule has 2 aromatic rings. The lowest BCUT2D eigenvalue weighted by atomic mass is 10.1. The number of amides is 6. The molecule has 2 N–H and O–H groups in total. The molecule has 39 heavy (non-hydrogen) atoms. The first-order valence-electron chi connectivity index (χ1n) is 12.4. The van der Waals surface area contributed by atoms with Gasteiger partial charge in [0.05, 0.1) is 30.3 Å². The van der Waals surface area contributed by atoms with Crippen LogP contribution in [-0.2, 0) is 9.47 Å². The standard InChI is InChI=1S/C27H32N3O9/c1-4-21(31)16-38-23(33)18-10-9-11-19(14-18)24(34)39-17-22(32)15-29-25(35)28(3)26(36)30(5-2,27(29)37)20-12-7-6-8-13-20/h6-14,21-22,31-32H,4-5,15-17H2,1-3H3/q+1. The van der Waals surface area contributed by atoms with Crippen molar-refractivity contribution in [3.63, 3.8) is 0 Å². The third kappa shape index (κ3) is 6.14. The van der Waals surface area contributed by atoms with E-state index in [-0.39, 0.29) is 24.3 Å². The first-order valence-corrected chi connectivity index (χ1v) is 12.4. The Hall–Kier alpha value is -4.13. The van der Waals surface area contributed by atoms with Crippen LogP contribution in [0.15, 0.2) is 54.6 Å². The molecule has 1 aliphatic heterocycles. The van der Waals surface area contributed by atoms with E-state index in [1.165, 1.54) is 31.3 Å².